The molecule has 0 aliphatic heterocycles. The van der Waals surface area contributed by atoms with Gasteiger partial charge >= 0.3 is 5.97 Å². The summed E-state index contributed by atoms with van der Waals surface area (Å²) in [6.45, 7) is 0. The molecule has 2 aromatic rings. The number of aliphatic hydroxyl groups excluding tert-OH is 1. The van der Waals surface area contributed by atoms with Gasteiger partial charge in [0.1, 0.15) is 11.5 Å². The highest BCUT2D eigenvalue weighted by Crippen LogP contribution is 2.35. The smallest absolute Gasteiger partial charge is 0.303 e. The first-order valence-electron chi connectivity index (χ1n) is 10.3. The minimum Gasteiger partial charge on any atom is -0.508 e. The van der Waals surface area contributed by atoms with Gasteiger partial charge in [-0.3, -0.25) is 9.59 Å². The number of carbonyl (C=O) groups is 2. The highest BCUT2D eigenvalue weighted by Gasteiger charge is 2.39. The third kappa shape index (κ3) is 5.67. The number of benzene rings is 2. The first kappa shape index (κ1) is 21.1. The molecule has 0 spiro atoms. The van der Waals surface area contributed by atoms with E-state index in [4.69, 9.17) is 5.11 Å². The molecule has 154 valence electrons. The van der Waals surface area contributed by atoms with Gasteiger partial charge in [-0.1, -0.05) is 49.6 Å². The number of aromatic hydroxyl groups is 1. The summed E-state index contributed by atoms with van der Waals surface area (Å²) in [5.74, 6) is -0.768. The normalized spacial score (nSPS) is 22.0. The van der Waals surface area contributed by atoms with Crippen molar-refractivity contribution in [1.82, 2.24) is 0 Å². The zero-order chi connectivity index (χ0) is 20.8. The van der Waals surface area contributed by atoms with Crippen molar-refractivity contribution in [3.8, 4) is 5.75 Å². The Morgan fingerprint density at radius 3 is 2.55 bits per heavy atom. The monoisotopic (exact) mass is 396 g/mol. The summed E-state index contributed by atoms with van der Waals surface area (Å²) in [7, 11) is 0. The highest BCUT2D eigenvalue weighted by molar-refractivity contribution is 5.86. The lowest BCUT2D eigenvalue weighted by molar-refractivity contribution is -0.137. The average Bonchev–Trinajstić information content (AvgIpc) is 2.95. The van der Waals surface area contributed by atoms with Crippen molar-refractivity contribution in [1.29, 1.82) is 0 Å². The minimum absolute atomic E-state index is 0.117. The number of fused-ring (bicyclic) bond motifs is 1. The SMILES string of the molecule is O=C(O)CCCCCC[C@@H]1C(=O)C[C@@H](O)[C@H]1C=Cc1ccc2cc(O)ccc2c1. The number of ketones is 1. The number of unbranched alkanes of at least 4 members (excludes halogenated alkanes) is 3. The molecule has 3 atom stereocenters. The summed E-state index contributed by atoms with van der Waals surface area (Å²) in [4.78, 5) is 22.9. The van der Waals surface area contributed by atoms with Gasteiger partial charge in [0.25, 0.3) is 0 Å². The number of phenols is 1. The molecular formula is C24H28O5. The van der Waals surface area contributed by atoms with Gasteiger partial charge in [-0.15, -0.1) is 0 Å². The molecule has 0 unspecified atom stereocenters. The van der Waals surface area contributed by atoms with Crippen LogP contribution in [0.1, 0.15) is 50.5 Å². The fourth-order valence-electron chi connectivity index (χ4n) is 4.16. The van der Waals surface area contributed by atoms with Gasteiger partial charge in [-0.05, 0) is 47.4 Å². The van der Waals surface area contributed by atoms with Crippen LogP contribution in [0.4, 0.5) is 0 Å². The lowest BCUT2D eigenvalue weighted by atomic mass is 9.88. The molecule has 0 radical (unpaired) electrons. The van der Waals surface area contributed by atoms with Crippen LogP contribution in [0, 0.1) is 11.8 Å². The minimum atomic E-state index is -0.769. The summed E-state index contributed by atoms with van der Waals surface area (Å²) in [6.07, 6.45) is 7.68. The quantitative estimate of drug-likeness (QED) is 0.541. The van der Waals surface area contributed by atoms with Gasteiger partial charge in [0.05, 0.1) is 6.10 Å². The van der Waals surface area contributed by atoms with Crippen LogP contribution in [0.15, 0.2) is 42.5 Å². The Bertz CT molecular complexity index is 901. The standard InChI is InChI=1S/C24H28O5/c25-19-11-10-17-13-16(7-9-18(17)14-19)8-12-21-20(22(26)15-23(21)27)5-3-1-2-4-6-24(28)29/h7-14,20-21,23,25,27H,1-6,15H2,(H,28,29)/t20-,21-,23+/m0/s1. The molecule has 0 aromatic heterocycles. The molecule has 1 saturated carbocycles. The Labute approximate surface area is 170 Å². The average molecular weight is 396 g/mol. The Morgan fingerprint density at radius 2 is 1.76 bits per heavy atom. The van der Waals surface area contributed by atoms with Gasteiger partial charge in [0.2, 0.25) is 0 Å². The van der Waals surface area contributed by atoms with Crippen molar-refractivity contribution in [2.45, 2.75) is 51.0 Å². The van der Waals surface area contributed by atoms with Crippen molar-refractivity contribution in [2.75, 3.05) is 0 Å². The van der Waals surface area contributed by atoms with Gasteiger partial charge in [0, 0.05) is 24.7 Å². The molecule has 0 saturated heterocycles. The molecule has 1 fully saturated rings. The fraction of sp³-hybridized carbons (Fsp3) is 0.417. The highest BCUT2D eigenvalue weighted by atomic mass is 16.4. The van der Waals surface area contributed by atoms with E-state index in [0.29, 0.717) is 6.42 Å². The van der Waals surface area contributed by atoms with Crippen molar-refractivity contribution >= 4 is 28.6 Å². The predicted octanol–water partition coefficient (Wildman–Crippen LogP) is 4.55. The van der Waals surface area contributed by atoms with Crippen LogP contribution in [-0.4, -0.2) is 33.2 Å². The summed E-state index contributed by atoms with van der Waals surface area (Å²) in [6, 6.07) is 11.2. The van der Waals surface area contributed by atoms with E-state index in [1.807, 2.05) is 36.4 Å². The number of hydrogen-bond donors (Lipinski definition) is 3. The Balaban J connectivity index is 1.60. The van der Waals surface area contributed by atoms with Crippen LogP contribution in [0.25, 0.3) is 16.8 Å². The summed E-state index contributed by atoms with van der Waals surface area (Å²) < 4.78 is 0. The predicted molar refractivity (Wildman–Crippen MR) is 113 cm³/mol. The number of phenolic OH excluding ortho intramolecular Hbond substituents is 1. The summed E-state index contributed by atoms with van der Waals surface area (Å²) in [5.41, 5.74) is 0.988. The van der Waals surface area contributed by atoms with E-state index in [1.165, 1.54) is 0 Å². The van der Waals surface area contributed by atoms with E-state index in [0.717, 1.165) is 42.0 Å². The molecule has 1 aliphatic rings. The van der Waals surface area contributed by atoms with Crippen molar-refractivity contribution in [3.05, 3.63) is 48.0 Å². The molecule has 1 aliphatic carbocycles. The van der Waals surface area contributed by atoms with E-state index in [2.05, 4.69) is 0 Å². The molecule has 5 heteroatoms. The number of aliphatic hydroxyl groups is 1. The van der Waals surface area contributed by atoms with Crippen LogP contribution in [-0.2, 0) is 9.59 Å². The first-order valence-corrected chi connectivity index (χ1v) is 10.3. The molecule has 0 bridgehead atoms. The number of carbonyl (C=O) groups excluding carboxylic acids is 1. The van der Waals surface area contributed by atoms with E-state index < -0.39 is 12.1 Å². The number of rotatable bonds is 9. The Hall–Kier alpha value is -2.66. The molecular weight excluding hydrogens is 368 g/mol. The number of carboxylic acids is 1. The molecule has 29 heavy (non-hydrogen) atoms. The maximum absolute atomic E-state index is 12.3. The van der Waals surface area contributed by atoms with E-state index in [-0.39, 0.29) is 36.2 Å². The molecule has 3 N–H and O–H groups in total. The number of Topliss-reactive ketones (excluding diaryl/α,β-unsaturated/α-hetero) is 1. The van der Waals surface area contributed by atoms with Gasteiger partial charge in [-0.25, -0.2) is 0 Å². The number of hydrogen-bond acceptors (Lipinski definition) is 4. The number of aliphatic carboxylic acids is 1. The molecule has 5 nitrogen and oxygen atoms in total. The number of carboxylic acid groups (broad SMARTS) is 1. The summed E-state index contributed by atoms with van der Waals surface area (Å²) >= 11 is 0. The van der Waals surface area contributed by atoms with Crippen LogP contribution in [0.3, 0.4) is 0 Å². The van der Waals surface area contributed by atoms with Crippen LogP contribution in [0.2, 0.25) is 0 Å². The maximum Gasteiger partial charge on any atom is 0.303 e. The largest absolute Gasteiger partial charge is 0.508 e. The lowest BCUT2D eigenvalue weighted by Crippen LogP contribution is -2.18. The zero-order valence-electron chi connectivity index (χ0n) is 16.5. The maximum atomic E-state index is 12.3. The zero-order valence-corrected chi connectivity index (χ0v) is 16.5. The van der Waals surface area contributed by atoms with Crippen LogP contribution in [0.5, 0.6) is 5.75 Å². The Kier molecular flexibility index (Phi) is 7.04. The summed E-state index contributed by atoms with van der Waals surface area (Å²) in [5, 5.41) is 30.6. The topological polar surface area (TPSA) is 94.8 Å². The van der Waals surface area contributed by atoms with Crippen molar-refractivity contribution in [2.24, 2.45) is 11.8 Å². The second-order valence-corrected chi connectivity index (χ2v) is 7.92. The van der Waals surface area contributed by atoms with E-state index >= 15 is 0 Å². The van der Waals surface area contributed by atoms with Crippen LogP contribution >= 0.6 is 0 Å². The molecule has 2 aromatic carbocycles. The van der Waals surface area contributed by atoms with Crippen molar-refractivity contribution < 1.29 is 24.9 Å². The second kappa shape index (κ2) is 9.70. The van der Waals surface area contributed by atoms with Gasteiger partial charge in [0.15, 0.2) is 0 Å². The van der Waals surface area contributed by atoms with Crippen molar-refractivity contribution in [3.63, 3.8) is 0 Å². The van der Waals surface area contributed by atoms with Gasteiger partial charge < -0.3 is 15.3 Å². The molecule has 0 heterocycles. The Morgan fingerprint density at radius 1 is 1.03 bits per heavy atom. The third-order valence-corrected chi connectivity index (χ3v) is 5.75. The second-order valence-electron chi connectivity index (χ2n) is 7.92. The third-order valence-electron chi connectivity index (χ3n) is 5.75. The van der Waals surface area contributed by atoms with E-state index in [1.54, 1.807) is 12.1 Å². The lowest BCUT2D eigenvalue weighted by Gasteiger charge is -2.17. The molecule has 0 amide bonds. The fourth-order valence-corrected chi connectivity index (χ4v) is 4.16. The van der Waals surface area contributed by atoms with Crippen LogP contribution < -0.4 is 0 Å². The molecule has 3 rings (SSSR count). The first-order chi connectivity index (χ1) is 13.9. The van der Waals surface area contributed by atoms with E-state index in [9.17, 15) is 19.8 Å². The van der Waals surface area contributed by atoms with Gasteiger partial charge in [-0.2, -0.15) is 0 Å².